The number of piperazine rings is 1. The van der Waals surface area contributed by atoms with Crippen LogP contribution in [0.2, 0.25) is 30.7 Å². The zero-order valence-electron chi connectivity index (χ0n) is 41.6. The van der Waals surface area contributed by atoms with Crippen molar-refractivity contribution in [3.63, 3.8) is 0 Å². The number of hydrogen-bond acceptors (Lipinski definition) is 12. The minimum atomic E-state index is -4.67. The Morgan fingerprint density at radius 2 is 1.74 bits per heavy atom. The van der Waals surface area contributed by atoms with Crippen molar-refractivity contribution in [3.05, 3.63) is 117 Å². The predicted molar refractivity (Wildman–Crippen MR) is 285 cm³/mol. The predicted octanol–water partition coefficient (Wildman–Crippen LogP) is 9.66. The number of nitrogens with one attached hydrogen (secondary N) is 3. The van der Waals surface area contributed by atoms with E-state index >= 15 is 4.39 Å². The lowest BCUT2D eigenvalue weighted by molar-refractivity contribution is -0.384. The monoisotopic (exact) mass is 1040 g/mol. The Kier molecular flexibility index (Phi) is 14.7. The summed E-state index contributed by atoms with van der Waals surface area (Å²) in [6.07, 6.45) is 7.15. The number of carbonyl (C=O) groups is 1. The first-order chi connectivity index (χ1) is 34.2. The number of fused-ring (bicyclic) bond motifs is 2. The highest BCUT2D eigenvalue weighted by Gasteiger charge is 2.34. The highest BCUT2D eigenvalue weighted by atomic mass is 35.5. The second-order valence-corrected chi connectivity index (χ2v) is 29.3. The van der Waals surface area contributed by atoms with E-state index < -0.39 is 45.2 Å². The van der Waals surface area contributed by atoms with E-state index in [-0.39, 0.29) is 36.1 Å². The number of allylic oxidation sites excluding steroid dienone is 1. The first-order valence-corrected chi connectivity index (χ1v) is 30.3. The summed E-state index contributed by atoms with van der Waals surface area (Å²) < 4.78 is 55.2. The number of benzene rings is 3. The Morgan fingerprint density at radius 1 is 0.986 bits per heavy atom. The van der Waals surface area contributed by atoms with Crippen LogP contribution in [0.4, 0.5) is 21.5 Å². The van der Waals surface area contributed by atoms with Crippen LogP contribution in [0.3, 0.4) is 0 Å². The van der Waals surface area contributed by atoms with Crippen LogP contribution >= 0.6 is 11.6 Å². The second kappa shape index (κ2) is 20.7. The maximum absolute atomic E-state index is 15.4. The molecule has 1 amide bonds. The van der Waals surface area contributed by atoms with E-state index in [0.717, 1.165) is 73.2 Å². The van der Waals surface area contributed by atoms with Crippen LogP contribution in [0.1, 0.15) is 61.9 Å². The van der Waals surface area contributed by atoms with Gasteiger partial charge in [0.15, 0.2) is 0 Å². The van der Waals surface area contributed by atoms with Crippen molar-refractivity contribution in [2.24, 2.45) is 5.41 Å². The van der Waals surface area contributed by atoms with Gasteiger partial charge in [-0.05, 0) is 122 Å². The molecule has 0 saturated carbocycles. The van der Waals surface area contributed by atoms with E-state index in [4.69, 9.17) is 26.4 Å². The SMILES string of the molecule is CC1(C)CCC(CN2CCN(c3ccc(C(=O)NS(=O)(=O)c4ccc(NCC5(F)CCNCC5)c([N+](=O)[O-])c4)c(-n4ncc5nc6c(ccn6COCC[Si](C)(C)C)cc54)c3)CC2)=C(c2ccc(Cl)cc2)C1. The van der Waals surface area contributed by atoms with Crippen LogP contribution in [0.25, 0.3) is 33.3 Å². The number of ether oxygens (including phenoxy) is 1. The van der Waals surface area contributed by atoms with Gasteiger partial charge in [0.25, 0.3) is 21.6 Å². The molecular weight excluding hydrogens is 975 g/mol. The summed E-state index contributed by atoms with van der Waals surface area (Å²) in [6, 6.07) is 21.6. The van der Waals surface area contributed by atoms with Crippen molar-refractivity contribution in [3.8, 4) is 5.69 Å². The fourth-order valence-corrected chi connectivity index (χ4v) is 11.8. The summed E-state index contributed by atoms with van der Waals surface area (Å²) in [5, 5.41) is 24.5. The second-order valence-electron chi connectivity index (χ2n) is 21.5. The Morgan fingerprint density at radius 3 is 2.46 bits per heavy atom. The standard InChI is InChI=1S/C52H64ClFN10O6SSi/c1-51(2)16-14-38(43(31-51)36-6-8-39(53)9-7-36)33-60-22-24-61(25-23-60)40-10-12-42(46(29-40)63-47-28-37-15-21-62(35-70-26-27-72(3,4)5)49(37)58-45(47)32-57-63)50(65)59-71(68,69)41-11-13-44(48(30-41)64(66)67)56-34-52(54)17-19-55-20-18-52/h6-13,15,21,28-30,32,55-56H,14,16-20,22-27,31,33-35H2,1-5H3,(H,59,65). The van der Waals surface area contributed by atoms with Gasteiger partial charge in [-0.25, -0.2) is 27.2 Å². The molecule has 2 saturated heterocycles. The number of nitrogens with zero attached hydrogens (tertiary/aromatic N) is 7. The minimum absolute atomic E-state index is 0.00400. The van der Waals surface area contributed by atoms with Gasteiger partial charge < -0.3 is 24.8 Å². The van der Waals surface area contributed by atoms with Gasteiger partial charge in [-0.15, -0.1) is 0 Å². The molecular formula is C52H64ClFN10O6SSi. The first-order valence-electron chi connectivity index (χ1n) is 24.7. The third-order valence-corrected chi connectivity index (χ3v) is 17.6. The smallest absolute Gasteiger partial charge is 0.293 e. The molecule has 16 nitrogen and oxygen atoms in total. The highest BCUT2D eigenvalue weighted by molar-refractivity contribution is 7.90. The molecule has 3 aromatic heterocycles. The van der Waals surface area contributed by atoms with Crippen LogP contribution in [-0.4, -0.2) is 116 Å². The highest BCUT2D eigenvalue weighted by Crippen LogP contribution is 2.43. The summed E-state index contributed by atoms with van der Waals surface area (Å²) in [5.41, 5.74) is 5.11. The van der Waals surface area contributed by atoms with Crippen molar-refractivity contribution in [2.75, 3.05) is 69.2 Å². The van der Waals surface area contributed by atoms with Crippen LogP contribution in [0.15, 0.2) is 95.7 Å². The summed E-state index contributed by atoms with van der Waals surface area (Å²) >= 11 is 6.28. The van der Waals surface area contributed by atoms with Crippen molar-refractivity contribution in [1.82, 2.24) is 34.3 Å². The molecule has 0 spiro atoms. The molecule has 1 aliphatic carbocycles. The van der Waals surface area contributed by atoms with Crippen molar-refractivity contribution >= 4 is 80.3 Å². The molecule has 2 aliphatic heterocycles. The van der Waals surface area contributed by atoms with Gasteiger partial charge in [0.2, 0.25) is 0 Å². The van der Waals surface area contributed by atoms with Crippen LogP contribution in [0, 0.1) is 15.5 Å². The van der Waals surface area contributed by atoms with Gasteiger partial charge in [0, 0.05) is 82.3 Å². The quantitative estimate of drug-likeness (QED) is 0.0341. The molecule has 5 heterocycles. The fourth-order valence-electron chi connectivity index (χ4n) is 9.89. The summed E-state index contributed by atoms with van der Waals surface area (Å²) in [5.74, 6) is -0.962. The first kappa shape index (κ1) is 51.2. The molecule has 3 N–H and O–H groups in total. The molecule has 20 heteroatoms. The van der Waals surface area contributed by atoms with Gasteiger partial charge in [-0.3, -0.25) is 19.8 Å². The topological polar surface area (TPSA) is 182 Å². The number of halogens is 2. The molecule has 9 rings (SSSR count). The number of rotatable bonds is 17. The van der Waals surface area contributed by atoms with E-state index in [9.17, 15) is 23.3 Å². The van der Waals surface area contributed by atoms with Gasteiger partial charge >= 0.3 is 0 Å². The van der Waals surface area contributed by atoms with Gasteiger partial charge in [-0.2, -0.15) is 5.10 Å². The van der Waals surface area contributed by atoms with Gasteiger partial charge in [0.1, 0.15) is 29.3 Å². The Labute approximate surface area is 426 Å². The largest absolute Gasteiger partial charge is 0.376 e. The number of anilines is 2. The number of nitro benzene ring substituents is 1. The number of piperidine rings is 1. The third-order valence-electron chi connectivity index (χ3n) is 14.3. The molecule has 0 unspecified atom stereocenters. The molecule has 0 radical (unpaired) electrons. The lowest BCUT2D eigenvalue weighted by Gasteiger charge is -2.39. The van der Waals surface area contributed by atoms with Gasteiger partial charge in [-0.1, -0.05) is 62.8 Å². The summed E-state index contributed by atoms with van der Waals surface area (Å²) in [4.78, 5) is 35.1. The lowest BCUT2D eigenvalue weighted by Crippen LogP contribution is -2.47. The molecule has 3 aliphatic rings. The number of carbonyl (C=O) groups excluding carboxylic acids is 1. The molecule has 382 valence electrons. The lowest BCUT2D eigenvalue weighted by atomic mass is 9.72. The van der Waals surface area contributed by atoms with E-state index in [2.05, 4.69) is 70.8 Å². The van der Waals surface area contributed by atoms with Crippen LogP contribution in [0.5, 0.6) is 0 Å². The molecule has 0 bridgehead atoms. The normalized spacial score (nSPS) is 17.7. The Balaban J connectivity index is 0.995. The van der Waals surface area contributed by atoms with Crippen LogP contribution < -0.4 is 20.3 Å². The van der Waals surface area contributed by atoms with Crippen LogP contribution in [-0.2, 0) is 21.5 Å². The minimum Gasteiger partial charge on any atom is -0.376 e. The number of nitro groups is 1. The maximum Gasteiger partial charge on any atom is 0.293 e. The molecule has 0 atom stereocenters. The van der Waals surface area contributed by atoms with E-state index in [1.807, 2.05) is 41.1 Å². The maximum atomic E-state index is 15.4. The molecule has 3 aromatic carbocycles. The Hall–Kier alpha value is -5.70. The number of pyridine rings is 1. The summed E-state index contributed by atoms with van der Waals surface area (Å²) in [7, 11) is -5.95. The number of aromatic nitrogens is 4. The average molecular weight is 1040 g/mol. The van der Waals surface area contributed by atoms with Crippen molar-refractivity contribution in [2.45, 2.75) is 88.9 Å². The third kappa shape index (κ3) is 11.7. The van der Waals surface area contributed by atoms with Crippen molar-refractivity contribution in [1.29, 1.82) is 0 Å². The number of amides is 1. The zero-order valence-corrected chi connectivity index (χ0v) is 44.2. The average Bonchev–Trinajstić information content (AvgIpc) is 3.95. The summed E-state index contributed by atoms with van der Waals surface area (Å²) in [6.45, 7) is 17.2. The van der Waals surface area contributed by atoms with E-state index in [1.54, 1.807) is 23.0 Å². The molecule has 2 fully saturated rings. The van der Waals surface area contributed by atoms with Gasteiger partial charge in [0.05, 0.1) is 32.8 Å². The number of hydrogen-bond donors (Lipinski definition) is 3. The van der Waals surface area contributed by atoms with E-state index in [1.165, 1.54) is 22.8 Å². The van der Waals surface area contributed by atoms with Crippen molar-refractivity contribution < 1.29 is 27.3 Å². The van der Waals surface area contributed by atoms with E-state index in [0.29, 0.717) is 61.9 Å². The number of sulfonamides is 1. The molecule has 6 aromatic rings. The molecule has 72 heavy (non-hydrogen) atoms. The Bertz CT molecular complexity index is 3140. The zero-order chi connectivity index (χ0) is 51.0. The number of alkyl halides is 1. The fraction of sp³-hybridized carbons (Fsp3) is 0.442.